The number of aryl methyl sites for hydroxylation is 1. The predicted molar refractivity (Wildman–Crippen MR) is 103 cm³/mol. The minimum absolute atomic E-state index is 0.0765. The summed E-state index contributed by atoms with van der Waals surface area (Å²) in [6, 6.07) is 6.07. The molecule has 0 unspecified atom stereocenters. The highest BCUT2D eigenvalue weighted by molar-refractivity contribution is 6.02. The van der Waals surface area contributed by atoms with E-state index < -0.39 is 5.92 Å². The molecule has 1 aromatic carbocycles. The Morgan fingerprint density at radius 3 is 2.38 bits per heavy atom. The average Bonchev–Trinajstić information content (AvgIpc) is 3.13. The van der Waals surface area contributed by atoms with Gasteiger partial charge in [-0.25, -0.2) is 0 Å². The van der Waals surface area contributed by atoms with E-state index in [0.717, 1.165) is 37.2 Å². The molecule has 0 saturated heterocycles. The molecule has 1 heterocycles. The largest absolute Gasteiger partial charge is 0.454 e. The van der Waals surface area contributed by atoms with Gasteiger partial charge in [0.05, 0.1) is 5.92 Å². The van der Waals surface area contributed by atoms with E-state index in [9.17, 15) is 9.59 Å². The summed E-state index contributed by atoms with van der Waals surface area (Å²) in [5.74, 6) is 1.36. The Morgan fingerprint density at radius 1 is 1.04 bits per heavy atom. The fourth-order valence-corrected chi connectivity index (χ4v) is 3.29. The molecule has 1 aromatic rings. The summed E-state index contributed by atoms with van der Waals surface area (Å²) in [5, 5.41) is 0. The highest BCUT2D eigenvalue weighted by atomic mass is 16.7. The lowest BCUT2D eigenvalue weighted by Crippen LogP contribution is -2.23. The van der Waals surface area contributed by atoms with Crippen LogP contribution in [0.3, 0.4) is 0 Å². The molecular formula is C22H30O4. The monoisotopic (exact) mass is 358 g/mol. The van der Waals surface area contributed by atoms with Crippen LogP contribution in [0.4, 0.5) is 0 Å². The smallest absolute Gasteiger partial charge is 0.231 e. The van der Waals surface area contributed by atoms with E-state index in [2.05, 4.69) is 19.1 Å². The molecule has 0 fully saturated rings. The number of ether oxygens (including phenoxy) is 2. The Morgan fingerprint density at radius 2 is 1.73 bits per heavy atom. The maximum Gasteiger partial charge on any atom is 0.231 e. The van der Waals surface area contributed by atoms with Crippen LogP contribution in [0.5, 0.6) is 11.5 Å². The van der Waals surface area contributed by atoms with Crippen molar-refractivity contribution in [3.05, 3.63) is 35.4 Å². The first-order valence-corrected chi connectivity index (χ1v) is 9.70. The third kappa shape index (κ3) is 5.45. The van der Waals surface area contributed by atoms with Crippen LogP contribution in [0, 0.1) is 5.92 Å². The van der Waals surface area contributed by atoms with Crippen LogP contribution in [0.15, 0.2) is 29.8 Å². The Bertz CT molecular complexity index is 644. The number of hydrogen-bond donors (Lipinski definition) is 0. The van der Waals surface area contributed by atoms with Crippen molar-refractivity contribution in [3.63, 3.8) is 0 Å². The SMILES string of the molecule is CCC(=O)C(CCC(=CCCc1ccc2c(c1)OCO2)CC)C(=O)CC. The van der Waals surface area contributed by atoms with E-state index in [1.54, 1.807) is 0 Å². The molecule has 2 rings (SSSR count). The number of allylic oxidation sites excluding steroid dienone is 2. The summed E-state index contributed by atoms with van der Waals surface area (Å²) >= 11 is 0. The highest BCUT2D eigenvalue weighted by Crippen LogP contribution is 2.32. The first kappa shape index (κ1) is 20.2. The highest BCUT2D eigenvalue weighted by Gasteiger charge is 2.23. The molecule has 4 nitrogen and oxygen atoms in total. The molecule has 0 N–H and O–H groups in total. The summed E-state index contributed by atoms with van der Waals surface area (Å²) in [6.45, 7) is 6.10. The summed E-state index contributed by atoms with van der Waals surface area (Å²) < 4.78 is 10.8. The summed E-state index contributed by atoms with van der Waals surface area (Å²) in [6.07, 6.45) is 7.42. The molecular weight excluding hydrogens is 328 g/mol. The van der Waals surface area contributed by atoms with Gasteiger partial charge in [0.1, 0.15) is 11.6 Å². The molecule has 0 amide bonds. The van der Waals surface area contributed by atoms with Gasteiger partial charge in [-0.05, 0) is 49.8 Å². The molecule has 0 atom stereocenters. The van der Waals surface area contributed by atoms with Crippen molar-refractivity contribution in [1.29, 1.82) is 0 Å². The summed E-state index contributed by atoms with van der Waals surface area (Å²) in [4.78, 5) is 24.1. The van der Waals surface area contributed by atoms with Gasteiger partial charge in [-0.2, -0.15) is 0 Å². The van der Waals surface area contributed by atoms with Gasteiger partial charge in [-0.15, -0.1) is 0 Å². The number of carbonyl (C=O) groups is 2. The number of carbonyl (C=O) groups excluding carboxylic acids is 2. The van der Waals surface area contributed by atoms with E-state index >= 15 is 0 Å². The number of rotatable bonds is 11. The number of Topliss-reactive ketones (excluding diaryl/α,β-unsaturated/α-hetero) is 2. The zero-order chi connectivity index (χ0) is 18.9. The van der Waals surface area contributed by atoms with Crippen molar-refractivity contribution in [2.75, 3.05) is 6.79 Å². The lowest BCUT2D eigenvalue weighted by atomic mass is 9.88. The van der Waals surface area contributed by atoms with Crippen molar-refractivity contribution >= 4 is 11.6 Å². The predicted octanol–water partition coefficient (Wildman–Crippen LogP) is 5.04. The molecule has 142 valence electrons. The Labute approximate surface area is 156 Å². The first-order valence-electron chi connectivity index (χ1n) is 9.70. The minimum atomic E-state index is -0.422. The molecule has 1 aliphatic heterocycles. The third-order valence-electron chi connectivity index (χ3n) is 4.99. The topological polar surface area (TPSA) is 52.6 Å². The maximum absolute atomic E-state index is 12.0. The lowest BCUT2D eigenvalue weighted by molar-refractivity contribution is -0.132. The zero-order valence-electron chi connectivity index (χ0n) is 16.2. The summed E-state index contributed by atoms with van der Waals surface area (Å²) in [7, 11) is 0. The van der Waals surface area contributed by atoms with Crippen LogP contribution in [-0.2, 0) is 16.0 Å². The van der Waals surface area contributed by atoms with Gasteiger partial charge in [0.15, 0.2) is 11.5 Å². The van der Waals surface area contributed by atoms with Gasteiger partial charge in [-0.3, -0.25) is 9.59 Å². The molecule has 0 saturated carbocycles. The van der Waals surface area contributed by atoms with Crippen LogP contribution in [-0.4, -0.2) is 18.4 Å². The number of ketones is 2. The fourth-order valence-electron chi connectivity index (χ4n) is 3.29. The van der Waals surface area contributed by atoms with Crippen LogP contribution >= 0.6 is 0 Å². The van der Waals surface area contributed by atoms with E-state index in [1.165, 1.54) is 11.1 Å². The van der Waals surface area contributed by atoms with E-state index in [1.807, 2.05) is 26.0 Å². The standard InChI is InChI=1S/C22H30O4/c1-4-16(10-12-18(19(23)5-2)20(24)6-3)8-7-9-17-11-13-21-22(14-17)26-15-25-21/h8,11,13-14,18H,4-7,9-10,12,15H2,1-3H3. The molecule has 4 heteroatoms. The molecule has 0 bridgehead atoms. The third-order valence-corrected chi connectivity index (χ3v) is 4.99. The Kier molecular flexibility index (Phi) is 7.89. The van der Waals surface area contributed by atoms with Gasteiger partial charge in [0.2, 0.25) is 6.79 Å². The van der Waals surface area contributed by atoms with Gasteiger partial charge < -0.3 is 9.47 Å². The van der Waals surface area contributed by atoms with Crippen LogP contribution < -0.4 is 9.47 Å². The van der Waals surface area contributed by atoms with Crippen LogP contribution in [0.1, 0.15) is 64.9 Å². The second-order valence-electron chi connectivity index (χ2n) is 6.67. The first-order chi connectivity index (χ1) is 12.6. The summed E-state index contributed by atoms with van der Waals surface area (Å²) in [5.41, 5.74) is 2.55. The maximum atomic E-state index is 12.0. The van der Waals surface area contributed by atoms with Gasteiger partial charge in [0, 0.05) is 12.8 Å². The Hall–Kier alpha value is -2.10. The van der Waals surface area contributed by atoms with E-state index in [0.29, 0.717) is 26.1 Å². The van der Waals surface area contributed by atoms with Gasteiger partial charge in [-0.1, -0.05) is 38.5 Å². The molecule has 0 radical (unpaired) electrons. The van der Waals surface area contributed by atoms with Crippen LogP contribution in [0.2, 0.25) is 0 Å². The van der Waals surface area contributed by atoms with Crippen molar-refractivity contribution < 1.29 is 19.1 Å². The van der Waals surface area contributed by atoms with E-state index in [-0.39, 0.29) is 11.6 Å². The molecule has 0 aliphatic carbocycles. The van der Waals surface area contributed by atoms with Crippen LogP contribution in [0.25, 0.3) is 0 Å². The normalized spacial score (nSPS) is 13.3. The van der Waals surface area contributed by atoms with Crippen molar-refractivity contribution in [1.82, 2.24) is 0 Å². The molecule has 0 spiro atoms. The second-order valence-corrected chi connectivity index (χ2v) is 6.67. The number of benzene rings is 1. The quantitative estimate of drug-likeness (QED) is 0.411. The van der Waals surface area contributed by atoms with Gasteiger partial charge in [0.25, 0.3) is 0 Å². The van der Waals surface area contributed by atoms with Crippen molar-refractivity contribution in [3.8, 4) is 11.5 Å². The molecule has 1 aliphatic rings. The number of hydrogen-bond acceptors (Lipinski definition) is 4. The van der Waals surface area contributed by atoms with E-state index in [4.69, 9.17) is 9.47 Å². The van der Waals surface area contributed by atoms with Gasteiger partial charge >= 0.3 is 0 Å². The Balaban J connectivity index is 1.88. The van der Waals surface area contributed by atoms with Crippen molar-refractivity contribution in [2.24, 2.45) is 5.92 Å². The fraction of sp³-hybridized carbons (Fsp3) is 0.545. The minimum Gasteiger partial charge on any atom is -0.454 e. The number of fused-ring (bicyclic) bond motifs is 1. The molecule has 26 heavy (non-hydrogen) atoms. The molecule has 0 aromatic heterocycles. The lowest BCUT2D eigenvalue weighted by Gasteiger charge is -2.14. The second kappa shape index (κ2) is 10.1. The zero-order valence-corrected chi connectivity index (χ0v) is 16.2. The van der Waals surface area contributed by atoms with Crippen molar-refractivity contribution in [2.45, 2.75) is 65.7 Å². The average molecular weight is 358 g/mol.